The van der Waals surface area contributed by atoms with E-state index in [0.29, 0.717) is 26.2 Å². The number of aliphatic hydroxyl groups excluding tert-OH is 1. The van der Waals surface area contributed by atoms with E-state index in [2.05, 4.69) is 0 Å². The monoisotopic (exact) mass is 260 g/mol. The fraction of sp³-hybridized carbons (Fsp3) is 0.923. The summed E-state index contributed by atoms with van der Waals surface area (Å²) in [5.41, 5.74) is -0.302. The van der Waals surface area contributed by atoms with E-state index in [-0.39, 0.29) is 24.4 Å². The number of esters is 1. The summed E-state index contributed by atoms with van der Waals surface area (Å²) < 4.78 is 16.3. The summed E-state index contributed by atoms with van der Waals surface area (Å²) in [6.45, 7) is 6.97. The third-order valence-corrected chi connectivity index (χ3v) is 3.54. The van der Waals surface area contributed by atoms with Crippen LogP contribution in [0, 0.1) is 5.41 Å². The highest BCUT2D eigenvalue weighted by Crippen LogP contribution is 2.34. The van der Waals surface area contributed by atoms with Gasteiger partial charge in [0.25, 0.3) is 0 Å². The van der Waals surface area contributed by atoms with Crippen LogP contribution in [0.2, 0.25) is 0 Å². The van der Waals surface area contributed by atoms with Gasteiger partial charge in [-0.1, -0.05) is 6.92 Å². The van der Waals surface area contributed by atoms with Crippen LogP contribution in [-0.4, -0.2) is 43.3 Å². The molecule has 0 aromatic rings. The van der Waals surface area contributed by atoms with E-state index >= 15 is 0 Å². The number of ether oxygens (including phenoxy) is 3. The van der Waals surface area contributed by atoms with Gasteiger partial charge < -0.3 is 19.3 Å². The van der Waals surface area contributed by atoms with Crippen LogP contribution in [0.4, 0.5) is 0 Å². The van der Waals surface area contributed by atoms with Gasteiger partial charge in [0.1, 0.15) is 0 Å². The Morgan fingerprint density at radius 2 is 1.94 bits per heavy atom. The number of rotatable bonds is 6. The minimum Gasteiger partial charge on any atom is -0.466 e. The van der Waals surface area contributed by atoms with Crippen molar-refractivity contribution in [3.05, 3.63) is 0 Å². The molecule has 1 heterocycles. The average Bonchev–Trinajstić information content (AvgIpc) is 2.39. The normalized spacial score (nSPS) is 32.2. The molecule has 0 radical (unpaired) electrons. The van der Waals surface area contributed by atoms with Gasteiger partial charge in [0, 0.05) is 11.8 Å². The van der Waals surface area contributed by atoms with Crippen molar-refractivity contribution < 1.29 is 24.1 Å². The fourth-order valence-corrected chi connectivity index (χ4v) is 1.81. The molecule has 18 heavy (non-hydrogen) atoms. The van der Waals surface area contributed by atoms with Crippen LogP contribution in [-0.2, 0) is 19.0 Å². The summed E-state index contributed by atoms with van der Waals surface area (Å²) in [7, 11) is 0. The van der Waals surface area contributed by atoms with E-state index in [0.717, 1.165) is 6.42 Å². The van der Waals surface area contributed by atoms with Crippen molar-refractivity contribution in [3.8, 4) is 0 Å². The summed E-state index contributed by atoms with van der Waals surface area (Å²) in [6.07, 6.45) is 1.55. The highest BCUT2D eigenvalue weighted by atomic mass is 16.7. The molecule has 1 aliphatic heterocycles. The SMILES string of the molecule is CCOC(=O)CCC1(C)OCC(CC)(CO)CO1. The molecule has 0 aromatic carbocycles. The molecule has 1 fully saturated rings. The molecular weight excluding hydrogens is 236 g/mol. The Morgan fingerprint density at radius 1 is 1.33 bits per heavy atom. The van der Waals surface area contributed by atoms with Gasteiger partial charge in [0.05, 0.1) is 32.8 Å². The van der Waals surface area contributed by atoms with Crippen LogP contribution in [0.15, 0.2) is 0 Å². The molecule has 5 nitrogen and oxygen atoms in total. The Labute approximate surface area is 108 Å². The molecule has 1 aliphatic rings. The van der Waals surface area contributed by atoms with E-state index in [1.807, 2.05) is 13.8 Å². The van der Waals surface area contributed by atoms with Crippen molar-refractivity contribution in [1.29, 1.82) is 0 Å². The van der Waals surface area contributed by atoms with Crippen LogP contribution in [0.25, 0.3) is 0 Å². The molecule has 1 rings (SSSR count). The Balaban J connectivity index is 2.42. The van der Waals surface area contributed by atoms with E-state index < -0.39 is 5.79 Å². The molecule has 0 aromatic heterocycles. The molecule has 106 valence electrons. The first-order valence-corrected chi connectivity index (χ1v) is 6.53. The molecule has 0 saturated carbocycles. The zero-order chi connectivity index (χ0) is 13.6. The standard InChI is InChI=1S/C13H24O5/c1-4-13(8-14)9-17-12(3,18-10-13)7-6-11(15)16-5-2/h14H,4-10H2,1-3H3. The second kappa shape index (κ2) is 6.50. The molecule has 5 heteroatoms. The Bertz CT molecular complexity index is 263. The zero-order valence-electron chi connectivity index (χ0n) is 11.5. The molecule has 0 unspecified atom stereocenters. The lowest BCUT2D eigenvalue weighted by molar-refractivity contribution is -0.302. The van der Waals surface area contributed by atoms with E-state index in [4.69, 9.17) is 14.2 Å². The maximum atomic E-state index is 11.3. The third-order valence-electron chi connectivity index (χ3n) is 3.54. The van der Waals surface area contributed by atoms with Gasteiger partial charge in [0.15, 0.2) is 5.79 Å². The van der Waals surface area contributed by atoms with Crippen LogP contribution in [0.3, 0.4) is 0 Å². The smallest absolute Gasteiger partial charge is 0.305 e. The predicted molar refractivity (Wildman–Crippen MR) is 66.0 cm³/mol. The van der Waals surface area contributed by atoms with Gasteiger partial charge in [-0.2, -0.15) is 0 Å². The minimum absolute atomic E-state index is 0.0530. The van der Waals surface area contributed by atoms with E-state index in [9.17, 15) is 9.90 Å². The van der Waals surface area contributed by atoms with Crippen molar-refractivity contribution in [2.24, 2.45) is 5.41 Å². The number of carbonyl (C=O) groups is 1. The lowest BCUT2D eigenvalue weighted by atomic mass is 9.87. The Morgan fingerprint density at radius 3 is 2.39 bits per heavy atom. The topological polar surface area (TPSA) is 65.0 Å². The maximum Gasteiger partial charge on any atom is 0.305 e. The average molecular weight is 260 g/mol. The summed E-state index contributed by atoms with van der Waals surface area (Å²) in [6, 6.07) is 0. The van der Waals surface area contributed by atoms with Gasteiger partial charge in [0.2, 0.25) is 0 Å². The second-order valence-electron chi connectivity index (χ2n) is 5.03. The fourth-order valence-electron chi connectivity index (χ4n) is 1.81. The predicted octanol–water partition coefficient (Wildman–Crippen LogP) is 1.48. The van der Waals surface area contributed by atoms with E-state index in [1.165, 1.54) is 0 Å². The van der Waals surface area contributed by atoms with Gasteiger partial charge in [-0.05, 0) is 20.3 Å². The molecule has 0 aliphatic carbocycles. The van der Waals surface area contributed by atoms with Crippen LogP contribution >= 0.6 is 0 Å². The number of carbonyl (C=O) groups excluding carboxylic acids is 1. The second-order valence-corrected chi connectivity index (χ2v) is 5.03. The molecule has 1 N–H and O–H groups in total. The summed E-state index contributed by atoms with van der Waals surface area (Å²) in [5, 5.41) is 9.37. The quantitative estimate of drug-likeness (QED) is 0.733. The molecule has 0 spiro atoms. The number of aliphatic hydroxyl groups is 1. The highest BCUT2D eigenvalue weighted by molar-refractivity contribution is 5.69. The van der Waals surface area contributed by atoms with E-state index in [1.54, 1.807) is 6.92 Å². The molecule has 1 saturated heterocycles. The van der Waals surface area contributed by atoms with Gasteiger partial charge >= 0.3 is 5.97 Å². The van der Waals surface area contributed by atoms with Crippen molar-refractivity contribution in [1.82, 2.24) is 0 Å². The number of hydrogen-bond donors (Lipinski definition) is 1. The van der Waals surface area contributed by atoms with Crippen LogP contribution in [0.5, 0.6) is 0 Å². The van der Waals surface area contributed by atoms with Crippen molar-refractivity contribution in [2.45, 2.75) is 45.8 Å². The van der Waals surface area contributed by atoms with Crippen molar-refractivity contribution in [2.75, 3.05) is 26.4 Å². The molecular formula is C13H24O5. The summed E-state index contributed by atoms with van der Waals surface area (Å²) >= 11 is 0. The third kappa shape index (κ3) is 3.93. The Hall–Kier alpha value is -0.650. The number of hydrogen-bond acceptors (Lipinski definition) is 5. The maximum absolute atomic E-state index is 11.3. The largest absolute Gasteiger partial charge is 0.466 e. The summed E-state index contributed by atoms with van der Waals surface area (Å²) in [4.78, 5) is 11.3. The van der Waals surface area contributed by atoms with Gasteiger partial charge in [-0.25, -0.2) is 0 Å². The molecule has 0 atom stereocenters. The lowest BCUT2D eigenvalue weighted by Gasteiger charge is -2.43. The van der Waals surface area contributed by atoms with Crippen LogP contribution < -0.4 is 0 Å². The summed E-state index contributed by atoms with van der Waals surface area (Å²) in [5.74, 6) is -0.985. The van der Waals surface area contributed by atoms with Crippen LogP contribution in [0.1, 0.15) is 40.0 Å². The first kappa shape index (κ1) is 15.4. The molecule has 0 amide bonds. The van der Waals surface area contributed by atoms with Crippen molar-refractivity contribution >= 4 is 5.97 Å². The first-order chi connectivity index (χ1) is 8.49. The van der Waals surface area contributed by atoms with Gasteiger partial charge in [-0.3, -0.25) is 4.79 Å². The van der Waals surface area contributed by atoms with Crippen molar-refractivity contribution in [3.63, 3.8) is 0 Å². The molecule has 0 bridgehead atoms. The zero-order valence-corrected chi connectivity index (χ0v) is 11.5. The lowest BCUT2D eigenvalue weighted by Crippen LogP contribution is -2.49. The first-order valence-electron chi connectivity index (χ1n) is 6.53. The van der Waals surface area contributed by atoms with Gasteiger partial charge in [-0.15, -0.1) is 0 Å². The Kier molecular flexibility index (Phi) is 5.56. The highest BCUT2D eigenvalue weighted by Gasteiger charge is 2.41. The minimum atomic E-state index is -0.749.